The minimum atomic E-state index is -0.175. The number of hydrogen-bond acceptors (Lipinski definition) is 4. The summed E-state index contributed by atoms with van der Waals surface area (Å²) in [6.45, 7) is 2.63. The van der Waals surface area contributed by atoms with Crippen LogP contribution >= 0.6 is 0 Å². The van der Waals surface area contributed by atoms with E-state index < -0.39 is 0 Å². The second kappa shape index (κ2) is 12.9. The van der Waals surface area contributed by atoms with Crippen molar-refractivity contribution in [2.24, 2.45) is 0 Å². The van der Waals surface area contributed by atoms with Gasteiger partial charge >= 0.3 is 11.9 Å². The average molecular weight is 385 g/mol. The molecule has 4 nitrogen and oxygen atoms in total. The van der Waals surface area contributed by atoms with Crippen LogP contribution in [0, 0.1) is 0 Å². The van der Waals surface area contributed by atoms with Gasteiger partial charge in [-0.3, -0.25) is 9.59 Å². The lowest BCUT2D eigenvalue weighted by Gasteiger charge is -2.08. The lowest BCUT2D eigenvalue weighted by molar-refractivity contribution is -0.144. The van der Waals surface area contributed by atoms with Crippen LogP contribution in [0.2, 0.25) is 0 Å². The Morgan fingerprint density at radius 2 is 1.39 bits per heavy atom. The Hall–Kier alpha value is -2.36. The number of carbonyl (C=O) groups excluding carboxylic acids is 2. The first kappa shape index (κ1) is 21.9. The smallest absolute Gasteiger partial charge is 0.311 e. The van der Waals surface area contributed by atoms with Gasteiger partial charge in [0.15, 0.2) is 0 Å². The molecule has 0 unspecified atom stereocenters. The van der Waals surface area contributed by atoms with E-state index in [1.54, 1.807) is 0 Å². The molecular weight excluding hydrogens is 352 g/mol. The molecule has 0 fully saturated rings. The third kappa shape index (κ3) is 8.12. The highest BCUT2D eigenvalue weighted by atomic mass is 16.5. The van der Waals surface area contributed by atoms with E-state index in [0.717, 1.165) is 62.1 Å². The molecule has 0 aliphatic carbocycles. The zero-order valence-electron chi connectivity index (χ0n) is 17.0. The number of ether oxygens (including phenoxy) is 2. The Kier molecular flexibility index (Phi) is 10.1. The van der Waals surface area contributed by atoms with Gasteiger partial charge in [0.05, 0.1) is 6.61 Å². The number of unbranched alkanes of at least 4 members (excludes halogenated alkanes) is 6. The lowest BCUT2D eigenvalue weighted by Crippen LogP contribution is -2.07. The van der Waals surface area contributed by atoms with Crippen LogP contribution in [0.5, 0.6) is 5.75 Å². The fourth-order valence-electron chi connectivity index (χ4n) is 3.11. The Balaban J connectivity index is 1.53. The number of esters is 2. The Morgan fingerprint density at radius 1 is 0.750 bits per heavy atom. The average Bonchev–Trinajstić information content (AvgIpc) is 2.70. The molecule has 0 aliphatic rings. The summed E-state index contributed by atoms with van der Waals surface area (Å²) in [5, 5.41) is 2.04. The van der Waals surface area contributed by atoms with Crippen molar-refractivity contribution >= 4 is 22.7 Å². The molecule has 0 atom stereocenters. The number of rotatable bonds is 13. The van der Waals surface area contributed by atoms with Crippen LogP contribution < -0.4 is 4.74 Å². The molecule has 0 radical (unpaired) electrons. The summed E-state index contributed by atoms with van der Waals surface area (Å²) in [6.07, 6.45) is 8.85. The van der Waals surface area contributed by atoms with Crippen LogP contribution in [0.4, 0.5) is 0 Å². The topological polar surface area (TPSA) is 52.6 Å². The molecule has 2 rings (SSSR count). The van der Waals surface area contributed by atoms with Crippen LogP contribution in [0.25, 0.3) is 10.8 Å². The van der Waals surface area contributed by atoms with Crippen LogP contribution in [0.1, 0.15) is 71.1 Å². The largest absolute Gasteiger partial charge is 0.466 e. The predicted octanol–water partition coefficient (Wildman–Crippen LogP) is 6.21. The van der Waals surface area contributed by atoms with Crippen LogP contribution in [-0.4, -0.2) is 18.5 Å². The number of fused-ring (bicyclic) bond motifs is 1. The van der Waals surface area contributed by atoms with E-state index in [9.17, 15) is 9.59 Å². The fraction of sp³-hybridized carbons (Fsp3) is 0.500. The number of benzene rings is 2. The first-order valence-electron chi connectivity index (χ1n) is 10.5. The second-order valence-electron chi connectivity index (χ2n) is 7.15. The van der Waals surface area contributed by atoms with Gasteiger partial charge in [0, 0.05) is 18.2 Å². The quantitative estimate of drug-likeness (QED) is 0.234. The molecule has 28 heavy (non-hydrogen) atoms. The van der Waals surface area contributed by atoms with Crippen LogP contribution in [-0.2, 0) is 14.3 Å². The van der Waals surface area contributed by atoms with Gasteiger partial charge in [0.1, 0.15) is 5.75 Å². The molecule has 2 aromatic carbocycles. The molecule has 0 heterocycles. The summed E-state index contributed by atoms with van der Waals surface area (Å²) in [5.74, 6) is 0.379. The molecule has 0 spiro atoms. The zero-order valence-corrected chi connectivity index (χ0v) is 17.0. The molecular formula is C24H32O4. The molecule has 0 aliphatic heterocycles. The van der Waals surface area contributed by atoms with E-state index in [-0.39, 0.29) is 11.9 Å². The molecule has 4 heteroatoms. The van der Waals surface area contributed by atoms with Crippen molar-refractivity contribution in [2.75, 3.05) is 6.61 Å². The van der Waals surface area contributed by atoms with E-state index in [2.05, 4.69) is 6.92 Å². The minimum Gasteiger partial charge on any atom is -0.466 e. The van der Waals surface area contributed by atoms with E-state index in [0.29, 0.717) is 25.2 Å². The van der Waals surface area contributed by atoms with E-state index in [1.807, 2.05) is 42.5 Å². The highest BCUT2D eigenvalue weighted by Gasteiger charge is 2.08. The normalized spacial score (nSPS) is 10.8. The molecule has 0 aromatic heterocycles. The predicted molar refractivity (Wildman–Crippen MR) is 112 cm³/mol. The highest BCUT2D eigenvalue weighted by molar-refractivity contribution is 5.90. The van der Waals surface area contributed by atoms with Crippen molar-refractivity contribution < 1.29 is 19.1 Å². The third-order valence-corrected chi connectivity index (χ3v) is 4.75. The maximum absolute atomic E-state index is 12.1. The van der Waals surface area contributed by atoms with Crippen molar-refractivity contribution in [1.29, 1.82) is 0 Å². The van der Waals surface area contributed by atoms with Crippen molar-refractivity contribution in [3.05, 3.63) is 42.5 Å². The van der Waals surface area contributed by atoms with Gasteiger partial charge in [-0.05, 0) is 30.7 Å². The SMILES string of the molecule is CCCCOC(=O)CCCCCCCCC(=O)Oc1cccc2ccccc12. The zero-order chi connectivity index (χ0) is 20.0. The molecule has 0 saturated carbocycles. The molecule has 152 valence electrons. The van der Waals surface area contributed by atoms with Crippen molar-refractivity contribution in [3.63, 3.8) is 0 Å². The van der Waals surface area contributed by atoms with Crippen molar-refractivity contribution in [1.82, 2.24) is 0 Å². The summed E-state index contributed by atoms with van der Waals surface area (Å²) in [4.78, 5) is 23.6. The van der Waals surface area contributed by atoms with Gasteiger partial charge in [-0.2, -0.15) is 0 Å². The third-order valence-electron chi connectivity index (χ3n) is 4.75. The van der Waals surface area contributed by atoms with Crippen molar-refractivity contribution in [3.8, 4) is 5.75 Å². The Bertz CT molecular complexity index is 733. The summed E-state index contributed by atoms with van der Waals surface area (Å²) in [7, 11) is 0. The standard InChI is InChI=1S/C24H32O4/c1-2-3-19-27-23(25)17-8-6-4-5-7-9-18-24(26)28-22-16-12-14-20-13-10-11-15-21(20)22/h10-16H,2-9,17-19H2,1H3. The lowest BCUT2D eigenvalue weighted by atomic mass is 10.1. The highest BCUT2D eigenvalue weighted by Crippen LogP contribution is 2.25. The van der Waals surface area contributed by atoms with Crippen LogP contribution in [0.3, 0.4) is 0 Å². The van der Waals surface area contributed by atoms with Gasteiger partial charge in [-0.25, -0.2) is 0 Å². The van der Waals surface area contributed by atoms with Gasteiger partial charge in [-0.15, -0.1) is 0 Å². The summed E-state index contributed by atoms with van der Waals surface area (Å²) >= 11 is 0. The van der Waals surface area contributed by atoms with Gasteiger partial charge < -0.3 is 9.47 Å². The summed E-state index contributed by atoms with van der Waals surface area (Å²) in [6, 6.07) is 13.7. The van der Waals surface area contributed by atoms with Gasteiger partial charge in [-0.1, -0.05) is 75.4 Å². The maximum atomic E-state index is 12.1. The van der Waals surface area contributed by atoms with Crippen molar-refractivity contribution in [2.45, 2.75) is 71.1 Å². The van der Waals surface area contributed by atoms with E-state index in [4.69, 9.17) is 9.47 Å². The second-order valence-corrected chi connectivity index (χ2v) is 7.15. The molecule has 2 aromatic rings. The minimum absolute atomic E-state index is 0.0790. The summed E-state index contributed by atoms with van der Waals surface area (Å²) in [5.41, 5.74) is 0. The number of hydrogen-bond donors (Lipinski definition) is 0. The Labute approximate surface area is 168 Å². The van der Waals surface area contributed by atoms with Crippen LogP contribution in [0.15, 0.2) is 42.5 Å². The van der Waals surface area contributed by atoms with E-state index in [1.165, 1.54) is 0 Å². The van der Waals surface area contributed by atoms with E-state index >= 15 is 0 Å². The maximum Gasteiger partial charge on any atom is 0.311 e. The summed E-state index contributed by atoms with van der Waals surface area (Å²) < 4.78 is 10.7. The first-order valence-corrected chi connectivity index (χ1v) is 10.5. The molecule has 0 bridgehead atoms. The Morgan fingerprint density at radius 3 is 2.14 bits per heavy atom. The molecule has 0 N–H and O–H groups in total. The molecule has 0 saturated heterocycles. The van der Waals surface area contributed by atoms with Gasteiger partial charge in [0.2, 0.25) is 0 Å². The first-order chi connectivity index (χ1) is 13.7. The fourth-order valence-corrected chi connectivity index (χ4v) is 3.11. The van der Waals surface area contributed by atoms with Gasteiger partial charge in [0.25, 0.3) is 0 Å². The monoisotopic (exact) mass is 384 g/mol. The number of carbonyl (C=O) groups is 2. The molecule has 0 amide bonds.